The molecule has 0 aliphatic carbocycles. The highest BCUT2D eigenvalue weighted by Gasteiger charge is 2.44. The Bertz CT molecular complexity index is 1070. The van der Waals surface area contributed by atoms with Gasteiger partial charge in [0.15, 0.2) is 0 Å². The van der Waals surface area contributed by atoms with E-state index in [1.807, 2.05) is 31.3 Å². The topological polar surface area (TPSA) is 103 Å². The Morgan fingerprint density at radius 1 is 1.42 bits per heavy atom. The number of allylic oxidation sites excluding steroid dienone is 2. The number of rotatable bonds is 6. The van der Waals surface area contributed by atoms with Gasteiger partial charge in [-0.25, -0.2) is 18.4 Å². The first-order chi connectivity index (χ1) is 15.1. The van der Waals surface area contributed by atoms with Gasteiger partial charge in [-0.15, -0.1) is 0 Å². The minimum Gasteiger partial charge on any atom is -0.379 e. The van der Waals surface area contributed by atoms with Gasteiger partial charge in [0.05, 0.1) is 26.1 Å². The van der Waals surface area contributed by atoms with Crippen LogP contribution in [0.1, 0.15) is 12.5 Å². The number of hydrogen-bond acceptors (Lipinski definition) is 7. The summed E-state index contributed by atoms with van der Waals surface area (Å²) in [4.78, 5) is 19.6. The maximum atomic E-state index is 13.3. The van der Waals surface area contributed by atoms with Gasteiger partial charge >= 0.3 is 5.69 Å². The number of nitrogens with two attached hydrogens (primary N) is 1. The number of ether oxygens (including phenoxy) is 1. The number of morpholine rings is 1. The first kappa shape index (κ1) is 21.2. The normalized spacial score (nSPS) is 22.6. The van der Waals surface area contributed by atoms with E-state index in [1.165, 1.54) is 11.0 Å². The average molecular weight is 427 g/mol. The molecule has 0 aromatic carbocycles. The van der Waals surface area contributed by atoms with Crippen LogP contribution < -0.4 is 16.7 Å². The number of halogens is 1. The Balaban J connectivity index is 1.77. The third-order valence-electron chi connectivity index (χ3n) is 5.67. The lowest BCUT2D eigenvalue weighted by atomic mass is 9.97. The number of aromatic nitrogens is 4. The number of nitrogens with zero attached hydrogens (tertiary/aromatic N) is 5. The largest absolute Gasteiger partial charge is 0.379 e. The summed E-state index contributed by atoms with van der Waals surface area (Å²) < 4.78 is 21.3. The summed E-state index contributed by atoms with van der Waals surface area (Å²) in [6.07, 6.45) is 9.36. The van der Waals surface area contributed by atoms with Crippen molar-refractivity contribution in [1.82, 2.24) is 29.5 Å². The van der Waals surface area contributed by atoms with Crippen molar-refractivity contribution in [1.29, 1.82) is 0 Å². The van der Waals surface area contributed by atoms with Crippen LogP contribution in [0.4, 0.5) is 4.39 Å². The quantitative estimate of drug-likeness (QED) is 0.702. The van der Waals surface area contributed by atoms with Gasteiger partial charge in [-0.05, 0) is 35.8 Å². The molecule has 0 amide bonds. The zero-order valence-corrected chi connectivity index (χ0v) is 17.4. The first-order valence-electron chi connectivity index (χ1n) is 10.1. The standard InChI is InChI=1S/C21H26FN7O2/c1-16-9-19(18-3-2-4-24-12-18)13-25-21(16,27-5-7-31-8-6-27)28-15-26-29(20(28)30)14-17(10-22)11-23/h2-4,9-10,12-13,15,25H,5-8,11,14,23H2,1H3/b17-10+. The number of hydrogen-bond donors (Lipinski definition) is 2. The molecule has 0 bridgehead atoms. The highest BCUT2D eigenvalue weighted by Crippen LogP contribution is 2.33. The Morgan fingerprint density at radius 3 is 2.87 bits per heavy atom. The van der Waals surface area contributed by atoms with E-state index in [9.17, 15) is 9.18 Å². The Kier molecular flexibility index (Phi) is 6.12. The Hall–Kier alpha value is -3.08. The Labute approximate surface area is 179 Å². The van der Waals surface area contributed by atoms with Crippen LogP contribution in [-0.2, 0) is 17.1 Å². The maximum absolute atomic E-state index is 13.3. The predicted octanol–water partition coefficient (Wildman–Crippen LogP) is 0.785. The van der Waals surface area contributed by atoms with E-state index in [2.05, 4.69) is 20.3 Å². The summed E-state index contributed by atoms with van der Waals surface area (Å²) in [5.74, 6) is -0.951. The molecule has 2 aromatic heterocycles. The van der Waals surface area contributed by atoms with Crippen LogP contribution in [0.25, 0.3) is 5.57 Å². The van der Waals surface area contributed by atoms with Crippen LogP contribution in [0.15, 0.2) is 65.4 Å². The van der Waals surface area contributed by atoms with E-state index in [1.54, 1.807) is 17.0 Å². The van der Waals surface area contributed by atoms with Gasteiger partial charge in [0.1, 0.15) is 6.33 Å². The highest BCUT2D eigenvalue weighted by atomic mass is 19.1. The lowest BCUT2D eigenvalue weighted by molar-refractivity contribution is -0.0530. The van der Waals surface area contributed by atoms with E-state index in [0.29, 0.717) is 32.6 Å². The van der Waals surface area contributed by atoms with Gasteiger partial charge in [-0.3, -0.25) is 9.88 Å². The molecule has 10 heteroatoms. The van der Waals surface area contributed by atoms with Crippen LogP contribution in [0, 0.1) is 0 Å². The summed E-state index contributed by atoms with van der Waals surface area (Å²) in [5, 5.41) is 7.69. The molecule has 1 unspecified atom stereocenters. The van der Waals surface area contributed by atoms with E-state index in [-0.39, 0.29) is 24.4 Å². The average Bonchev–Trinajstić information content (AvgIpc) is 3.19. The molecule has 0 radical (unpaired) electrons. The van der Waals surface area contributed by atoms with Crippen molar-refractivity contribution in [3.63, 3.8) is 0 Å². The van der Waals surface area contributed by atoms with E-state index >= 15 is 0 Å². The van der Waals surface area contributed by atoms with Gasteiger partial charge < -0.3 is 15.8 Å². The smallest absolute Gasteiger partial charge is 0.349 e. The van der Waals surface area contributed by atoms with Crippen LogP contribution in [0.5, 0.6) is 0 Å². The number of dihydropyridines is 1. The van der Waals surface area contributed by atoms with Gasteiger partial charge in [0, 0.05) is 43.8 Å². The molecular formula is C21H26FN7O2. The van der Waals surface area contributed by atoms with Crippen molar-refractivity contribution >= 4 is 5.57 Å². The summed E-state index contributed by atoms with van der Waals surface area (Å²) in [5.41, 5.74) is 8.32. The third kappa shape index (κ3) is 3.85. The van der Waals surface area contributed by atoms with Crippen molar-refractivity contribution < 1.29 is 9.13 Å². The van der Waals surface area contributed by atoms with Gasteiger partial charge in [-0.2, -0.15) is 5.10 Å². The van der Waals surface area contributed by atoms with E-state index in [4.69, 9.17) is 10.5 Å². The van der Waals surface area contributed by atoms with Gasteiger partial charge in [0.25, 0.3) is 0 Å². The van der Waals surface area contributed by atoms with Gasteiger partial charge in [-0.1, -0.05) is 6.07 Å². The second kappa shape index (κ2) is 8.96. The molecule has 2 aliphatic heterocycles. The SMILES string of the molecule is CC1=CC(c2cccnc2)=CNC1(N1CCOCC1)n1cnn(C/C(=C/F)CN)c1=O. The summed E-state index contributed by atoms with van der Waals surface area (Å²) in [6.45, 7) is 4.36. The molecule has 1 saturated heterocycles. The third-order valence-corrected chi connectivity index (χ3v) is 5.67. The molecule has 164 valence electrons. The molecule has 1 fully saturated rings. The van der Waals surface area contributed by atoms with Gasteiger partial charge in [0.2, 0.25) is 5.79 Å². The molecule has 31 heavy (non-hydrogen) atoms. The lowest BCUT2D eigenvalue weighted by Crippen LogP contribution is -2.65. The molecule has 4 heterocycles. The van der Waals surface area contributed by atoms with Crippen molar-refractivity contribution in [2.45, 2.75) is 19.3 Å². The fraction of sp³-hybridized carbons (Fsp3) is 0.381. The van der Waals surface area contributed by atoms with E-state index in [0.717, 1.165) is 16.7 Å². The summed E-state index contributed by atoms with van der Waals surface area (Å²) in [6, 6.07) is 3.86. The molecule has 1 atom stereocenters. The zero-order valence-electron chi connectivity index (χ0n) is 17.4. The molecule has 0 spiro atoms. The molecular weight excluding hydrogens is 401 g/mol. The zero-order chi connectivity index (χ0) is 21.8. The monoisotopic (exact) mass is 427 g/mol. The summed E-state index contributed by atoms with van der Waals surface area (Å²) >= 11 is 0. The van der Waals surface area contributed by atoms with E-state index < -0.39 is 5.79 Å². The van der Waals surface area contributed by atoms with Crippen molar-refractivity contribution in [3.05, 3.63) is 76.7 Å². The first-order valence-corrected chi connectivity index (χ1v) is 10.1. The second-order valence-corrected chi connectivity index (χ2v) is 7.50. The summed E-state index contributed by atoms with van der Waals surface area (Å²) in [7, 11) is 0. The molecule has 3 N–H and O–H groups in total. The molecule has 2 aliphatic rings. The van der Waals surface area contributed by atoms with Crippen LogP contribution >= 0.6 is 0 Å². The van der Waals surface area contributed by atoms with Crippen LogP contribution in [0.3, 0.4) is 0 Å². The second-order valence-electron chi connectivity index (χ2n) is 7.50. The van der Waals surface area contributed by atoms with Crippen molar-refractivity contribution in [3.8, 4) is 0 Å². The predicted molar refractivity (Wildman–Crippen MR) is 114 cm³/mol. The maximum Gasteiger partial charge on any atom is 0.349 e. The Morgan fingerprint density at radius 2 is 2.23 bits per heavy atom. The fourth-order valence-electron chi connectivity index (χ4n) is 4.01. The lowest BCUT2D eigenvalue weighted by Gasteiger charge is -2.47. The number of nitrogens with one attached hydrogen (secondary N) is 1. The molecule has 0 saturated carbocycles. The van der Waals surface area contributed by atoms with Crippen molar-refractivity contribution in [2.75, 3.05) is 32.8 Å². The number of pyridine rings is 1. The molecule has 9 nitrogen and oxygen atoms in total. The molecule has 4 rings (SSSR count). The molecule has 2 aromatic rings. The van der Waals surface area contributed by atoms with Crippen LogP contribution in [-0.4, -0.2) is 57.1 Å². The minimum absolute atomic E-state index is 0.00242. The van der Waals surface area contributed by atoms with Crippen LogP contribution in [0.2, 0.25) is 0 Å². The highest BCUT2D eigenvalue weighted by molar-refractivity contribution is 5.75. The van der Waals surface area contributed by atoms with Crippen molar-refractivity contribution in [2.24, 2.45) is 5.73 Å². The fourth-order valence-corrected chi connectivity index (χ4v) is 4.01. The minimum atomic E-state index is -0.951.